The lowest BCUT2D eigenvalue weighted by molar-refractivity contribution is -0.386. The minimum absolute atomic E-state index is 0.0438. The molecule has 3 aliphatic heterocycles. The fourth-order valence-electron chi connectivity index (χ4n) is 5.47. The van der Waals surface area contributed by atoms with Crippen molar-refractivity contribution in [2.45, 2.75) is 25.3 Å². The summed E-state index contributed by atoms with van der Waals surface area (Å²) in [6, 6.07) is 10.1. The van der Waals surface area contributed by atoms with Crippen molar-refractivity contribution in [3.8, 4) is 5.75 Å². The van der Waals surface area contributed by atoms with Gasteiger partial charge in [-0.15, -0.1) is 0 Å². The third-order valence-corrected chi connectivity index (χ3v) is 6.94. The van der Waals surface area contributed by atoms with E-state index in [4.69, 9.17) is 4.74 Å². The normalized spacial score (nSPS) is 23.9. The smallest absolute Gasteiger partial charge is 0.334 e. The lowest BCUT2D eigenvalue weighted by Crippen LogP contribution is -2.51. The van der Waals surface area contributed by atoms with Gasteiger partial charge in [0.05, 0.1) is 23.6 Å². The van der Waals surface area contributed by atoms with Crippen molar-refractivity contribution >= 4 is 23.2 Å². The number of likely N-dealkylation sites (tertiary alicyclic amines) is 1. The average Bonchev–Trinajstić information content (AvgIpc) is 3.20. The SMILES string of the molecule is COc1ccccc1N1CC(C(=O)N2CC3CC(C2)c2ccc([N+](=O)[O-])c(=O)n2C3)CC1=O. The fraction of sp³-hybridized carbons (Fsp3) is 0.435. The minimum Gasteiger partial charge on any atom is -0.495 e. The largest absolute Gasteiger partial charge is 0.495 e. The van der Waals surface area contributed by atoms with Crippen LogP contribution in [0.3, 0.4) is 0 Å². The van der Waals surface area contributed by atoms with Crippen LogP contribution in [0.4, 0.5) is 11.4 Å². The zero-order valence-corrected chi connectivity index (χ0v) is 18.2. The van der Waals surface area contributed by atoms with Gasteiger partial charge in [-0.3, -0.25) is 24.5 Å². The van der Waals surface area contributed by atoms with Gasteiger partial charge in [-0.05, 0) is 30.5 Å². The van der Waals surface area contributed by atoms with Crippen LogP contribution >= 0.6 is 0 Å². The number of fused-ring (bicyclic) bond motifs is 4. The Morgan fingerprint density at radius 2 is 1.88 bits per heavy atom. The number of carbonyl (C=O) groups excluding carboxylic acids is 2. The number of piperidine rings is 1. The second-order valence-corrected chi connectivity index (χ2v) is 8.94. The van der Waals surface area contributed by atoms with Crippen LogP contribution in [0, 0.1) is 22.0 Å². The van der Waals surface area contributed by atoms with Gasteiger partial charge in [-0.25, -0.2) is 0 Å². The summed E-state index contributed by atoms with van der Waals surface area (Å²) in [5.74, 6) is -0.0463. The number of nitrogens with zero attached hydrogens (tertiary/aromatic N) is 4. The van der Waals surface area contributed by atoms with Gasteiger partial charge in [-0.1, -0.05) is 12.1 Å². The molecule has 0 spiro atoms. The summed E-state index contributed by atoms with van der Waals surface area (Å²) in [6.45, 7) is 1.56. The van der Waals surface area contributed by atoms with Crippen LogP contribution in [-0.4, -0.2) is 52.9 Å². The van der Waals surface area contributed by atoms with Crippen molar-refractivity contribution < 1.29 is 19.2 Å². The van der Waals surface area contributed by atoms with Crippen LogP contribution in [-0.2, 0) is 16.1 Å². The van der Waals surface area contributed by atoms with Gasteiger partial charge in [0.25, 0.3) is 0 Å². The topological polar surface area (TPSA) is 115 Å². The maximum absolute atomic E-state index is 13.4. The number of methoxy groups -OCH3 is 1. The van der Waals surface area contributed by atoms with Crippen molar-refractivity contribution in [3.63, 3.8) is 0 Å². The van der Waals surface area contributed by atoms with Crippen molar-refractivity contribution in [3.05, 3.63) is 62.6 Å². The van der Waals surface area contributed by atoms with Crippen molar-refractivity contribution in [2.24, 2.45) is 11.8 Å². The Bertz CT molecular complexity index is 1210. The van der Waals surface area contributed by atoms with E-state index < -0.39 is 22.1 Å². The number of para-hydroxylation sites is 2. The second kappa shape index (κ2) is 8.02. The number of nitro groups is 1. The standard InChI is InChI=1S/C23H24N4O6/c1-33-20-5-3-2-4-18(20)25-13-16(9-21(25)28)22(29)24-10-14-8-15(12-24)17-6-7-19(27(31)32)23(30)26(17)11-14/h2-7,14-16H,8-13H2,1H3. The molecule has 0 aliphatic carbocycles. The van der Waals surface area contributed by atoms with E-state index in [0.717, 1.165) is 12.1 Å². The molecule has 3 atom stereocenters. The number of rotatable bonds is 4. The molecule has 2 saturated heterocycles. The Morgan fingerprint density at radius 3 is 2.64 bits per heavy atom. The van der Waals surface area contributed by atoms with Gasteiger partial charge in [0.15, 0.2) is 0 Å². The van der Waals surface area contributed by atoms with E-state index in [1.54, 1.807) is 29.0 Å². The van der Waals surface area contributed by atoms with Crippen molar-refractivity contribution in [1.82, 2.24) is 9.47 Å². The van der Waals surface area contributed by atoms with Crippen LogP contribution in [0.15, 0.2) is 41.2 Å². The molecule has 3 unspecified atom stereocenters. The summed E-state index contributed by atoms with van der Waals surface area (Å²) in [6.07, 6.45) is 0.975. The molecule has 1 aromatic heterocycles. The number of ether oxygens (including phenoxy) is 1. The summed E-state index contributed by atoms with van der Waals surface area (Å²) < 4.78 is 6.88. The van der Waals surface area contributed by atoms with E-state index in [1.165, 1.54) is 10.6 Å². The molecule has 10 heteroatoms. The Kier molecular flexibility index (Phi) is 5.15. The Balaban J connectivity index is 1.35. The maximum Gasteiger partial charge on any atom is 0.334 e. The van der Waals surface area contributed by atoms with Crippen LogP contribution in [0.2, 0.25) is 0 Å². The average molecular weight is 452 g/mol. The minimum atomic E-state index is -0.652. The monoisotopic (exact) mass is 452 g/mol. The van der Waals surface area contributed by atoms with E-state index in [9.17, 15) is 24.5 Å². The number of hydrogen-bond acceptors (Lipinski definition) is 6. The number of anilines is 1. The number of pyridine rings is 1. The second-order valence-electron chi connectivity index (χ2n) is 8.94. The summed E-state index contributed by atoms with van der Waals surface area (Å²) in [5.41, 5.74) is 0.386. The summed E-state index contributed by atoms with van der Waals surface area (Å²) in [4.78, 5) is 52.6. The number of aromatic nitrogens is 1. The number of amides is 2. The third-order valence-electron chi connectivity index (χ3n) is 6.94. The van der Waals surface area contributed by atoms with Crippen molar-refractivity contribution in [2.75, 3.05) is 31.6 Å². The number of benzene rings is 1. The number of carbonyl (C=O) groups is 2. The Labute approximate surface area is 189 Å². The molecular weight excluding hydrogens is 428 g/mol. The first kappa shape index (κ1) is 21.2. The predicted octanol–water partition coefficient (Wildman–Crippen LogP) is 1.76. The Morgan fingerprint density at radius 1 is 1.09 bits per heavy atom. The molecule has 4 heterocycles. The molecule has 3 aliphatic rings. The van der Waals surface area contributed by atoms with Crippen LogP contribution in [0.5, 0.6) is 5.75 Å². The molecule has 10 nitrogen and oxygen atoms in total. The molecule has 1 aromatic carbocycles. The van der Waals surface area contributed by atoms with E-state index in [2.05, 4.69) is 0 Å². The van der Waals surface area contributed by atoms with E-state index in [0.29, 0.717) is 37.6 Å². The van der Waals surface area contributed by atoms with Gasteiger partial charge in [0, 0.05) is 50.3 Å². The molecule has 0 radical (unpaired) electrons. The number of hydrogen-bond donors (Lipinski definition) is 0. The zero-order valence-electron chi connectivity index (χ0n) is 18.2. The molecule has 0 N–H and O–H groups in total. The first-order chi connectivity index (χ1) is 15.9. The maximum atomic E-state index is 13.4. The van der Waals surface area contributed by atoms with E-state index in [1.807, 2.05) is 18.2 Å². The highest BCUT2D eigenvalue weighted by Crippen LogP contribution is 2.38. The molecule has 33 heavy (non-hydrogen) atoms. The molecular formula is C23H24N4O6. The van der Waals surface area contributed by atoms with Crippen LogP contribution in [0.1, 0.15) is 24.5 Å². The molecule has 2 fully saturated rings. The van der Waals surface area contributed by atoms with Crippen LogP contribution < -0.4 is 15.2 Å². The van der Waals surface area contributed by atoms with E-state index in [-0.39, 0.29) is 30.1 Å². The lowest BCUT2D eigenvalue weighted by Gasteiger charge is -2.43. The quantitative estimate of drug-likeness (QED) is 0.516. The molecule has 2 amide bonds. The van der Waals surface area contributed by atoms with Gasteiger partial charge >= 0.3 is 11.2 Å². The van der Waals surface area contributed by atoms with Crippen LogP contribution in [0.25, 0.3) is 0 Å². The summed E-state index contributed by atoms with van der Waals surface area (Å²) >= 11 is 0. The van der Waals surface area contributed by atoms with Gasteiger partial charge < -0.3 is 19.1 Å². The highest BCUT2D eigenvalue weighted by Gasteiger charge is 2.42. The molecule has 5 rings (SSSR count). The van der Waals surface area contributed by atoms with Gasteiger partial charge in [0.1, 0.15) is 5.75 Å². The lowest BCUT2D eigenvalue weighted by atomic mass is 9.82. The molecule has 172 valence electrons. The Hall–Kier alpha value is -3.69. The molecule has 0 saturated carbocycles. The summed E-state index contributed by atoms with van der Waals surface area (Å²) in [7, 11) is 1.55. The van der Waals surface area contributed by atoms with Gasteiger partial charge in [-0.2, -0.15) is 0 Å². The fourth-order valence-corrected chi connectivity index (χ4v) is 5.47. The molecule has 2 aromatic rings. The van der Waals surface area contributed by atoms with E-state index >= 15 is 0 Å². The first-order valence-corrected chi connectivity index (χ1v) is 11.0. The zero-order chi connectivity index (χ0) is 23.3. The predicted molar refractivity (Wildman–Crippen MR) is 118 cm³/mol. The first-order valence-electron chi connectivity index (χ1n) is 11.0. The third kappa shape index (κ3) is 3.55. The van der Waals surface area contributed by atoms with Gasteiger partial charge in [0.2, 0.25) is 11.8 Å². The van der Waals surface area contributed by atoms with Crippen molar-refractivity contribution in [1.29, 1.82) is 0 Å². The highest BCUT2D eigenvalue weighted by atomic mass is 16.6. The highest BCUT2D eigenvalue weighted by molar-refractivity contribution is 6.01. The molecule has 2 bridgehead atoms. The summed E-state index contributed by atoms with van der Waals surface area (Å²) in [5, 5.41) is 11.1.